The van der Waals surface area contributed by atoms with Gasteiger partial charge in [-0.25, -0.2) is 0 Å². The van der Waals surface area contributed by atoms with Crippen LogP contribution in [-0.2, 0) is 11.8 Å². The van der Waals surface area contributed by atoms with Crippen LogP contribution in [0.5, 0.6) is 5.75 Å². The molecule has 146 valence electrons. The molecule has 0 bridgehead atoms. The number of benzene rings is 2. The van der Waals surface area contributed by atoms with Crippen molar-refractivity contribution < 1.29 is 14.3 Å². The molecule has 1 N–H and O–H groups in total. The van der Waals surface area contributed by atoms with Crippen molar-refractivity contribution in [3.63, 3.8) is 0 Å². The van der Waals surface area contributed by atoms with Crippen LogP contribution in [0, 0.1) is 0 Å². The summed E-state index contributed by atoms with van der Waals surface area (Å²) in [6, 6.07) is 16.8. The zero-order valence-corrected chi connectivity index (χ0v) is 17.3. The minimum Gasteiger partial charge on any atom is -0.496 e. The van der Waals surface area contributed by atoms with Crippen molar-refractivity contribution >= 4 is 57.1 Å². The van der Waals surface area contributed by atoms with E-state index < -0.39 is 5.91 Å². The maximum atomic E-state index is 12.9. The lowest BCUT2D eigenvalue weighted by molar-refractivity contribution is -0.123. The normalized spacial score (nSPS) is 15.4. The van der Waals surface area contributed by atoms with Gasteiger partial charge in [0.25, 0.3) is 11.8 Å². The predicted molar refractivity (Wildman–Crippen MR) is 118 cm³/mol. The van der Waals surface area contributed by atoms with Gasteiger partial charge in [0.2, 0.25) is 0 Å². The Kier molecular flexibility index (Phi) is 5.12. The first kappa shape index (κ1) is 19.2. The maximum Gasteiger partial charge on any atom is 0.285 e. The van der Waals surface area contributed by atoms with E-state index in [9.17, 15) is 9.59 Å². The Morgan fingerprint density at radius 2 is 1.90 bits per heavy atom. The molecule has 0 spiro atoms. The van der Waals surface area contributed by atoms with E-state index in [1.165, 1.54) is 7.11 Å². The lowest BCUT2D eigenvalue weighted by atomic mass is 10.2. The molecule has 1 fully saturated rings. The summed E-state index contributed by atoms with van der Waals surface area (Å²) in [5.41, 5.74) is 4.85. The number of thiocarbonyl (C=S) groups is 1. The standard InChI is InChI=1S/C21H17N3O3S2/c1-23-14(11-13-7-3-5-9-16(13)23)12-18-20(26)24(21(28)29-18)22-19(25)15-8-4-6-10-17(15)27-2/h3-12H,1-2H3,(H,22,25)/b18-12+. The smallest absolute Gasteiger partial charge is 0.285 e. The molecule has 0 aliphatic carbocycles. The Morgan fingerprint density at radius 1 is 1.17 bits per heavy atom. The number of ether oxygens (including phenoxy) is 1. The highest BCUT2D eigenvalue weighted by Crippen LogP contribution is 2.32. The van der Waals surface area contributed by atoms with E-state index in [-0.39, 0.29) is 10.2 Å². The molecule has 6 nitrogen and oxygen atoms in total. The number of para-hydroxylation sites is 2. The van der Waals surface area contributed by atoms with Crippen LogP contribution in [-0.4, -0.2) is 32.8 Å². The third kappa shape index (κ3) is 3.52. The third-order valence-corrected chi connectivity index (χ3v) is 5.93. The maximum absolute atomic E-state index is 12.9. The number of amides is 2. The van der Waals surface area contributed by atoms with Crippen LogP contribution in [0.4, 0.5) is 0 Å². The molecule has 0 saturated carbocycles. The van der Waals surface area contributed by atoms with E-state index in [0.29, 0.717) is 16.2 Å². The van der Waals surface area contributed by atoms with E-state index in [1.807, 2.05) is 41.9 Å². The van der Waals surface area contributed by atoms with Gasteiger partial charge in [0.1, 0.15) is 5.75 Å². The first-order valence-corrected chi connectivity index (χ1v) is 9.98. The van der Waals surface area contributed by atoms with Crippen LogP contribution in [0.3, 0.4) is 0 Å². The fraction of sp³-hybridized carbons (Fsp3) is 0.0952. The zero-order valence-electron chi connectivity index (χ0n) is 15.7. The van der Waals surface area contributed by atoms with Crippen LogP contribution >= 0.6 is 24.0 Å². The molecule has 29 heavy (non-hydrogen) atoms. The highest BCUT2D eigenvalue weighted by Gasteiger charge is 2.34. The summed E-state index contributed by atoms with van der Waals surface area (Å²) in [7, 11) is 3.43. The summed E-state index contributed by atoms with van der Waals surface area (Å²) >= 11 is 6.46. The van der Waals surface area contributed by atoms with Crippen LogP contribution in [0.25, 0.3) is 17.0 Å². The second-order valence-corrected chi connectivity index (χ2v) is 8.02. The van der Waals surface area contributed by atoms with Crippen LogP contribution < -0.4 is 10.2 Å². The summed E-state index contributed by atoms with van der Waals surface area (Å²) < 4.78 is 7.49. The Morgan fingerprint density at radius 3 is 2.66 bits per heavy atom. The van der Waals surface area contributed by atoms with E-state index in [1.54, 1.807) is 30.3 Å². The van der Waals surface area contributed by atoms with Crippen LogP contribution in [0.15, 0.2) is 59.5 Å². The number of hydrazine groups is 1. The number of fused-ring (bicyclic) bond motifs is 1. The van der Waals surface area contributed by atoms with Crippen molar-refractivity contribution in [1.82, 2.24) is 15.0 Å². The summed E-state index contributed by atoms with van der Waals surface area (Å²) in [5.74, 6) is -0.417. The van der Waals surface area contributed by atoms with Gasteiger partial charge in [-0.3, -0.25) is 15.0 Å². The van der Waals surface area contributed by atoms with Gasteiger partial charge in [0, 0.05) is 23.6 Å². The molecule has 1 aliphatic heterocycles. The van der Waals surface area contributed by atoms with Crippen molar-refractivity contribution in [2.45, 2.75) is 0 Å². The zero-order chi connectivity index (χ0) is 20.5. The number of nitrogens with zero attached hydrogens (tertiary/aromatic N) is 2. The predicted octanol–water partition coefficient (Wildman–Crippen LogP) is 3.73. The molecule has 4 rings (SSSR count). The summed E-state index contributed by atoms with van der Waals surface area (Å²) in [5, 5.41) is 2.18. The molecular formula is C21H17N3O3S2. The fourth-order valence-corrected chi connectivity index (χ4v) is 4.31. The van der Waals surface area contributed by atoms with Crippen molar-refractivity contribution in [2.24, 2.45) is 7.05 Å². The lowest BCUT2D eigenvalue weighted by Gasteiger charge is -2.16. The number of hydrogen-bond acceptors (Lipinski definition) is 5. The Hall–Kier alpha value is -3.10. The molecule has 0 unspecified atom stereocenters. The third-order valence-electron chi connectivity index (χ3n) is 4.63. The number of methoxy groups -OCH3 is 1. The summed E-state index contributed by atoms with van der Waals surface area (Å²) in [6.07, 6.45) is 1.79. The second kappa shape index (κ2) is 7.73. The minimum atomic E-state index is -0.468. The molecule has 8 heteroatoms. The van der Waals surface area contributed by atoms with E-state index in [4.69, 9.17) is 17.0 Å². The molecule has 0 atom stereocenters. The quantitative estimate of drug-likeness (QED) is 0.512. The first-order chi connectivity index (χ1) is 14.0. The van der Waals surface area contributed by atoms with E-state index in [2.05, 4.69) is 5.43 Å². The number of aryl methyl sites for hydroxylation is 1. The van der Waals surface area contributed by atoms with Gasteiger partial charge < -0.3 is 9.30 Å². The Balaban J connectivity index is 1.59. The monoisotopic (exact) mass is 423 g/mol. The average molecular weight is 424 g/mol. The lowest BCUT2D eigenvalue weighted by Crippen LogP contribution is -2.44. The second-order valence-electron chi connectivity index (χ2n) is 6.35. The van der Waals surface area contributed by atoms with E-state index in [0.717, 1.165) is 33.4 Å². The molecule has 3 aromatic rings. The van der Waals surface area contributed by atoms with Crippen molar-refractivity contribution in [1.29, 1.82) is 0 Å². The van der Waals surface area contributed by atoms with Crippen molar-refractivity contribution in [2.75, 3.05) is 7.11 Å². The van der Waals surface area contributed by atoms with E-state index >= 15 is 0 Å². The molecule has 0 radical (unpaired) electrons. The Labute approximate surface area is 177 Å². The van der Waals surface area contributed by atoms with Crippen LogP contribution in [0.2, 0.25) is 0 Å². The summed E-state index contributed by atoms with van der Waals surface area (Å²) in [4.78, 5) is 25.9. The highest BCUT2D eigenvalue weighted by molar-refractivity contribution is 8.26. The highest BCUT2D eigenvalue weighted by atomic mass is 32.2. The number of thioether (sulfide) groups is 1. The summed E-state index contributed by atoms with van der Waals surface area (Å²) in [6.45, 7) is 0. The molecule has 2 amide bonds. The number of rotatable bonds is 4. The van der Waals surface area contributed by atoms with Gasteiger partial charge in [-0.05, 0) is 42.6 Å². The van der Waals surface area contributed by atoms with Gasteiger partial charge in [-0.1, -0.05) is 42.1 Å². The number of nitrogens with one attached hydrogen (secondary N) is 1. The van der Waals surface area contributed by atoms with Gasteiger partial charge in [0.05, 0.1) is 17.6 Å². The van der Waals surface area contributed by atoms with Gasteiger partial charge in [-0.15, -0.1) is 0 Å². The molecule has 2 aromatic carbocycles. The van der Waals surface area contributed by atoms with Gasteiger partial charge >= 0.3 is 0 Å². The SMILES string of the molecule is COc1ccccc1C(=O)NN1C(=O)/C(=C\c2cc3ccccc3n2C)SC1=S. The van der Waals surface area contributed by atoms with Crippen molar-refractivity contribution in [3.8, 4) is 5.75 Å². The minimum absolute atomic E-state index is 0.267. The van der Waals surface area contributed by atoms with Gasteiger partial charge in [0.15, 0.2) is 4.32 Å². The number of carbonyl (C=O) groups excluding carboxylic acids is 2. The van der Waals surface area contributed by atoms with Crippen molar-refractivity contribution in [3.05, 3.63) is 70.8 Å². The molecule has 1 aromatic heterocycles. The van der Waals surface area contributed by atoms with Gasteiger partial charge in [-0.2, -0.15) is 5.01 Å². The van der Waals surface area contributed by atoms with Crippen LogP contribution in [0.1, 0.15) is 16.1 Å². The average Bonchev–Trinajstić information content (AvgIpc) is 3.19. The Bertz CT molecular complexity index is 1180. The molecular weight excluding hydrogens is 406 g/mol. The largest absolute Gasteiger partial charge is 0.496 e. The fourth-order valence-electron chi connectivity index (χ4n) is 3.14. The number of carbonyl (C=O) groups is 2. The molecule has 2 heterocycles. The number of aromatic nitrogens is 1. The molecule has 1 saturated heterocycles. The topological polar surface area (TPSA) is 63.6 Å². The molecule has 1 aliphatic rings. The first-order valence-electron chi connectivity index (χ1n) is 8.76. The number of hydrogen-bond donors (Lipinski definition) is 1.